The molecule has 0 aliphatic rings. The zero-order valence-corrected chi connectivity index (χ0v) is 19.1. The molecule has 0 spiro atoms. The van der Waals surface area contributed by atoms with Crippen LogP contribution >= 0.6 is 0 Å². The largest absolute Gasteiger partial charge is 0.480 e. The summed E-state index contributed by atoms with van der Waals surface area (Å²) in [5.74, 6) is -0.552. The Bertz CT molecular complexity index is 1200. The number of nitrogens with one attached hydrogen (secondary N) is 2. The molecule has 10 nitrogen and oxygen atoms in total. The molecule has 1 amide bonds. The van der Waals surface area contributed by atoms with Crippen molar-refractivity contribution in [1.29, 1.82) is 0 Å². The van der Waals surface area contributed by atoms with Crippen LogP contribution in [0.25, 0.3) is 0 Å². The zero-order valence-electron chi connectivity index (χ0n) is 18.2. The molecule has 3 rings (SSSR count). The van der Waals surface area contributed by atoms with Gasteiger partial charge in [0.25, 0.3) is 15.9 Å². The predicted octanol–water partition coefficient (Wildman–Crippen LogP) is 2.60. The molecule has 11 heteroatoms. The SMILES string of the molecule is COCCn1nccc1C(=O)Nc1cnc(OC)c(S(=O)(=O)Nc2c(C)cccc2C)c1. The third-order valence-electron chi connectivity index (χ3n) is 4.73. The van der Waals surface area contributed by atoms with E-state index in [0.717, 1.165) is 11.1 Å². The van der Waals surface area contributed by atoms with Gasteiger partial charge in [-0.15, -0.1) is 0 Å². The zero-order chi connectivity index (χ0) is 23.3. The van der Waals surface area contributed by atoms with Crippen LogP contribution in [0.5, 0.6) is 5.88 Å². The summed E-state index contributed by atoms with van der Waals surface area (Å²) in [7, 11) is -1.17. The molecule has 1 aromatic carbocycles. The van der Waals surface area contributed by atoms with E-state index in [1.165, 1.54) is 30.3 Å². The minimum atomic E-state index is -4.06. The number of hydrogen-bond donors (Lipinski definition) is 2. The van der Waals surface area contributed by atoms with Gasteiger partial charge in [-0.2, -0.15) is 5.10 Å². The van der Waals surface area contributed by atoms with Gasteiger partial charge in [0, 0.05) is 13.3 Å². The van der Waals surface area contributed by atoms with E-state index >= 15 is 0 Å². The molecule has 2 heterocycles. The molecule has 0 bridgehead atoms. The van der Waals surface area contributed by atoms with Crippen molar-refractivity contribution in [2.45, 2.75) is 25.3 Å². The van der Waals surface area contributed by atoms with Gasteiger partial charge < -0.3 is 14.8 Å². The lowest BCUT2D eigenvalue weighted by atomic mass is 10.1. The first kappa shape index (κ1) is 23.2. The van der Waals surface area contributed by atoms with Crippen molar-refractivity contribution in [3.8, 4) is 5.88 Å². The Morgan fingerprint density at radius 3 is 2.53 bits per heavy atom. The van der Waals surface area contributed by atoms with Crippen LogP contribution in [0.15, 0.2) is 47.6 Å². The number of rotatable bonds is 9. The highest BCUT2D eigenvalue weighted by molar-refractivity contribution is 7.92. The molecule has 2 N–H and O–H groups in total. The number of hydrogen-bond acceptors (Lipinski definition) is 7. The van der Waals surface area contributed by atoms with Gasteiger partial charge >= 0.3 is 0 Å². The summed E-state index contributed by atoms with van der Waals surface area (Å²) in [6, 6.07) is 8.32. The number of benzene rings is 1. The molecule has 0 saturated heterocycles. The van der Waals surface area contributed by atoms with E-state index in [9.17, 15) is 13.2 Å². The monoisotopic (exact) mass is 459 g/mol. The first-order valence-electron chi connectivity index (χ1n) is 9.72. The molecule has 0 unspecified atom stereocenters. The van der Waals surface area contributed by atoms with Crippen LogP contribution in [0.4, 0.5) is 11.4 Å². The number of anilines is 2. The van der Waals surface area contributed by atoms with Crippen LogP contribution < -0.4 is 14.8 Å². The maximum atomic E-state index is 13.2. The predicted molar refractivity (Wildman–Crippen MR) is 120 cm³/mol. The number of sulfonamides is 1. The fraction of sp³-hybridized carbons (Fsp3) is 0.286. The van der Waals surface area contributed by atoms with Crippen molar-refractivity contribution in [3.05, 3.63) is 59.5 Å². The molecule has 0 fully saturated rings. The normalized spacial score (nSPS) is 11.2. The van der Waals surface area contributed by atoms with Crippen molar-refractivity contribution in [2.24, 2.45) is 0 Å². The number of aromatic nitrogens is 3. The third kappa shape index (κ3) is 5.06. The van der Waals surface area contributed by atoms with Gasteiger partial charge in [0.15, 0.2) is 4.90 Å². The second-order valence-electron chi connectivity index (χ2n) is 6.99. The van der Waals surface area contributed by atoms with Crippen molar-refractivity contribution in [2.75, 3.05) is 30.9 Å². The molecular weight excluding hydrogens is 434 g/mol. The number of amides is 1. The summed E-state index contributed by atoms with van der Waals surface area (Å²) in [5.41, 5.74) is 2.52. The van der Waals surface area contributed by atoms with Gasteiger partial charge in [-0.25, -0.2) is 13.4 Å². The fourth-order valence-electron chi connectivity index (χ4n) is 3.09. The summed E-state index contributed by atoms with van der Waals surface area (Å²) >= 11 is 0. The standard InChI is InChI=1S/C21H25N5O5S/c1-14-6-5-7-15(2)19(14)25-32(28,29)18-12-16(13-22-21(18)31-4)24-20(27)17-8-9-23-26(17)10-11-30-3/h5-9,12-13,25H,10-11H2,1-4H3,(H,24,27). The van der Waals surface area contributed by atoms with Crippen LogP contribution in [0.2, 0.25) is 0 Å². The lowest BCUT2D eigenvalue weighted by molar-refractivity contribution is 0.101. The summed E-state index contributed by atoms with van der Waals surface area (Å²) in [6.45, 7) is 4.40. The number of carbonyl (C=O) groups excluding carboxylic acids is 1. The summed E-state index contributed by atoms with van der Waals surface area (Å²) in [4.78, 5) is 16.6. The number of aryl methyl sites for hydroxylation is 2. The maximum absolute atomic E-state index is 13.2. The van der Waals surface area contributed by atoms with Gasteiger partial charge in [-0.1, -0.05) is 18.2 Å². The first-order valence-corrected chi connectivity index (χ1v) is 11.2. The number of ether oxygens (including phenoxy) is 2. The molecule has 2 aromatic heterocycles. The second kappa shape index (κ2) is 9.79. The summed E-state index contributed by atoms with van der Waals surface area (Å²) in [6.07, 6.45) is 2.83. The maximum Gasteiger partial charge on any atom is 0.273 e. The smallest absolute Gasteiger partial charge is 0.273 e. The Kier molecular flexibility index (Phi) is 7.11. The van der Waals surface area contributed by atoms with Crippen molar-refractivity contribution in [3.63, 3.8) is 0 Å². The Balaban J connectivity index is 1.90. The van der Waals surface area contributed by atoms with Crippen molar-refractivity contribution < 1.29 is 22.7 Å². The van der Waals surface area contributed by atoms with Crippen LogP contribution in [-0.2, 0) is 21.3 Å². The molecule has 0 radical (unpaired) electrons. The topological polar surface area (TPSA) is 124 Å². The van der Waals surface area contributed by atoms with Crippen LogP contribution in [0.3, 0.4) is 0 Å². The number of carbonyl (C=O) groups is 1. The van der Waals surface area contributed by atoms with E-state index in [0.29, 0.717) is 24.5 Å². The van der Waals surface area contributed by atoms with E-state index in [-0.39, 0.29) is 16.5 Å². The van der Waals surface area contributed by atoms with Gasteiger partial charge in [0.05, 0.1) is 37.8 Å². The van der Waals surface area contributed by atoms with E-state index in [4.69, 9.17) is 9.47 Å². The van der Waals surface area contributed by atoms with Gasteiger partial charge in [-0.05, 0) is 37.1 Å². The molecule has 0 aliphatic heterocycles. The van der Waals surface area contributed by atoms with E-state index < -0.39 is 15.9 Å². The minimum Gasteiger partial charge on any atom is -0.480 e. The quantitative estimate of drug-likeness (QED) is 0.504. The Labute approximate surface area is 186 Å². The summed E-state index contributed by atoms with van der Waals surface area (Å²) in [5, 5.41) is 6.76. The van der Waals surface area contributed by atoms with E-state index in [1.807, 2.05) is 32.0 Å². The van der Waals surface area contributed by atoms with E-state index in [1.54, 1.807) is 13.2 Å². The fourth-order valence-corrected chi connectivity index (χ4v) is 4.44. The number of methoxy groups -OCH3 is 2. The van der Waals surface area contributed by atoms with Crippen LogP contribution in [0, 0.1) is 13.8 Å². The van der Waals surface area contributed by atoms with Gasteiger partial charge in [-0.3, -0.25) is 14.2 Å². The molecule has 3 aromatic rings. The Morgan fingerprint density at radius 1 is 1.16 bits per heavy atom. The molecule has 32 heavy (non-hydrogen) atoms. The Morgan fingerprint density at radius 2 is 1.88 bits per heavy atom. The summed E-state index contributed by atoms with van der Waals surface area (Å²) < 4.78 is 40.6. The van der Waals surface area contributed by atoms with Gasteiger partial charge in [0.2, 0.25) is 5.88 Å². The van der Waals surface area contributed by atoms with Crippen molar-refractivity contribution in [1.82, 2.24) is 14.8 Å². The minimum absolute atomic E-state index is 0.0909. The van der Waals surface area contributed by atoms with Crippen molar-refractivity contribution >= 4 is 27.3 Å². The highest BCUT2D eigenvalue weighted by Gasteiger charge is 2.24. The van der Waals surface area contributed by atoms with Gasteiger partial charge in [0.1, 0.15) is 5.69 Å². The number of nitrogens with zero attached hydrogens (tertiary/aromatic N) is 3. The van der Waals surface area contributed by atoms with E-state index in [2.05, 4.69) is 20.1 Å². The molecule has 0 saturated carbocycles. The molecule has 0 aliphatic carbocycles. The van der Waals surface area contributed by atoms with Crippen LogP contribution in [-0.4, -0.2) is 49.9 Å². The third-order valence-corrected chi connectivity index (χ3v) is 6.08. The number of pyridine rings is 1. The number of para-hydroxylation sites is 1. The molecule has 170 valence electrons. The molecule has 0 atom stereocenters. The lowest BCUT2D eigenvalue weighted by Crippen LogP contribution is -2.20. The van der Waals surface area contributed by atoms with Crippen LogP contribution in [0.1, 0.15) is 21.6 Å². The molecular formula is C21H25N5O5S. The highest BCUT2D eigenvalue weighted by atomic mass is 32.2. The Hall–Kier alpha value is -3.44. The second-order valence-corrected chi connectivity index (χ2v) is 8.64. The highest BCUT2D eigenvalue weighted by Crippen LogP contribution is 2.29. The lowest BCUT2D eigenvalue weighted by Gasteiger charge is -2.15. The average molecular weight is 460 g/mol. The average Bonchev–Trinajstić information content (AvgIpc) is 3.23. The first-order chi connectivity index (χ1) is 15.3.